The number of ether oxygens (including phenoxy) is 1. The summed E-state index contributed by atoms with van der Waals surface area (Å²) in [6.07, 6.45) is 0.926. The molecule has 0 spiro atoms. The van der Waals surface area contributed by atoms with Gasteiger partial charge in [-0.15, -0.1) is 5.10 Å². The molecule has 6 heteroatoms. The Bertz CT molecular complexity index is 397. The standard InChI is InChI=1S/C11H17N3O2S/c1-4-9-10(17-13-12-9)11(15)14-5-7(2)16-8(3)6-14/h7-8H,4-6H2,1-3H3/t7-,8+. The summed E-state index contributed by atoms with van der Waals surface area (Å²) in [6, 6.07) is 0. The molecule has 1 amide bonds. The first-order valence-electron chi connectivity index (χ1n) is 5.87. The molecule has 0 unspecified atom stereocenters. The minimum Gasteiger partial charge on any atom is -0.372 e. The Morgan fingerprint density at radius 2 is 2.12 bits per heavy atom. The van der Waals surface area contributed by atoms with Gasteiger partial charge in [-0.3, -0.25) is 4.79 Å². The molecule has 1 aliphatic rings. The average molecular weight is 255 g/mol. The second-order valence-electron chi connectivity index (χ2n) is 4.37. The van der Waals surface area contributed by atoms with Crippen molar-refractivity contribution in [1.29, 1.82) is 0 Å². The number of nitrogens with zero attached hydrogens (tertiary/aromatic N) is 3. The number of hydrogen-bond acceptors (Lipinski definition) is 5. The number of morpholine rings is 1. The van der Waals surface area contributed by atoms with Crippen LogP contribution in [0, 0.1) is 0 Å². The lowest BCUT2D eigenvalue weighted by Gasteiger charge is -2.35. The van der Waals surface area contributed by atoms with Crippen LogP contribution in [0.15, 0.2) is 0 Å². The highest BCUT2D eigenvalue weighted by molar-refractivity contribution is 7.08. The fourth-order valence-electron chi connectivity index (χ4n) is 2.09. The molecule has 2 atom stereocenters. The highest BCUT2D eigenvalue weighted by atomic mass is 32.1. The number of rotatable bonds is 2. The second kappa shape index (κ2) is 5.10. The Kier molecular flexibility index (Phi) is 3.73. The smallest absolute Gasteiger partial charge is 0.267 e. The molecule has 0 N–H and O–H groups in total. The molecule has 0 radical (unpaired) electrons. The first kappa shape index (κ1) is 12.4. The van der Waals surface area contributed by atoms with Crippen LogP contribution < -0.4 is 0 Å². The molecule has 94 valence electrons. The zero-order valence-electron chi connectivity index (χ0n) is 10.3. The average Bonchev–Trinajstić information content (AvgIpc) is 2.74. The zero-order valence-corrected chi connectivity index (χ0v) is 11.2. The predicted molar refractivity (Wildman–Crippen MR) is 65.2 cm³/mol. The van der Waals surface area contributed by atoms with Crippen molar-refractivity contribution in [3.63, 3.8) is 0 Å². The van der Waals surface area contributed by atoms with E-state index in [2.05, 4.69) is 9.59 Å². The lowest BCUT2D eigenvalue weighted by Crippen LogP contribution is -2.48. The summed E-state index contributed by atoms with van der Waals surface area (Å²) in [4.78, 5) is 14.8. The third-order valence-electron chi connectivity index (χ3n) is 2.79. The number of hydrogen-bond donors (Lipinski definition) is 0. The van der Waals surface area contributed by atoms with Gasteiger partial charge in [-0.2, -0.15) is 0 Å². The van der Waals surface area contributed by atoms with Crippen LogP contribution in [0.2, 0.25) is 0 Å². The molecule has 1 aromatic rings. The van der Waals surface area contributed by atoms with E-state index in [1.54, 1.807) is 0 Å². The summed E-state index contributed by atoms with van der Waals surface area (Å²) < 4.78 is 9.48. The number of amides is 1. The Morgan fingerprint density at radius 1 is 1.47 bits per heavy atom. The molecule has 1 fully saturated rings. The third-order valence-corrected chi connectivity index (χ3v) is 3.55. The van der Waals surface area contributed by atoms with Crippen LogP contribution in [-0.4, -0.2) is 45.7 Å². The number of carbonyl (C=O) groups is 1. The van der Waals surface area contributed by atoms with Gasteiger partial charge in [0.15, 0.2) is 0 Å². The molecule has 2 heterocycles. The summed E-state index contributed by atoms with van der Waals surface area (Å²) >= 11 is 1.19. The van der Waals surface area contributed by atoms with E-state index in [-0.39, 0.29) is 18.1 Å². The Morgan fingerprint density at radius 3 is 2.71 bits per heavy atom. The molecular formula is C11H17N3O2S. The van der Waals surface area contributed by atoms with E-state index >= 15 is 0 Å². The fourth-order valence-corrected chi connectivity index (χ4v) is 2.81. The van der Waals surface area contributed by atoms with E-state index in [4.69, 9.17) is 4.74 Å². The van der Waals surface area contributed by atoms with E-state index in [0.717, 1.165) is 12.1 Å². The van der Waals surface area contributed by atoms with Crippen molar-refractivity contribution >= 4 is 17.4 Å². The van der Waals surface area contributed by atoms with Crippen LogP contribution >= 0.6 is 11.5 Å². The Hall–Kier alpha value is -1.01. The van der Waals surface area contributed by atoms with E-state index in [1.165, 1.54) is 11.5 Å². The van der Waals surface area contributed by atoms with Gasteiger partial charge in [-0.25, -0.2) is 0 Å². The molecule has 0 aliphatic carbocycles. The quantitative estimate of drug-likeness (QED) is 0.800. The molecule has 0 saturated carbocycles. The number of aryl methyl sites for hydroxylation is 1. The van der Waals surface area contributed by atoms with Crippen LogP contribution in [0.4, 0.5) is 0 Å². The van der Waals surface area contributed by atoms with E-state index in [9.17, 15) is 4.79 Å². The van der Waals surface area contributed by atoms with Crippen molar-refractivity contribution in [3.8, 4) is 0 Å². The molecular weight excluding hydrogens is 238 g/mol. The van der Waals surface area contributed by atoms with Crippen molar-refractivity contribution in [2.24, 2.45) is 0 Å². The van der Waals surface area contributed by atoms with Gasteiger partial charge in [0.25, 0.3) is 5.91 Å². The van der Waals surface area contributed by atoms with Gasteiger partial charge in [-0.1, -0.05) is 11.4 Å². The molecule has 1 aliphatic heterocycles. The molecule has 1 saturated heterocycles. The first-order chi connectivity index (χ1) is 8.11. The number of carbonyl (C=O) groups excluding carboxylic acids is 1. The predicted octanol–water partition coefficient (Wildman–Crippen LogP) is 1.35. The normalized spacial score (nSPS) is 25.0. The minimum absolute atomic E-state index is 0.0406. The molecule has 0 bridgehead atoms. The van der Waals surface area contributed by atoms with Crippen molar-refractivity contribution < 1.29 is 9.53 Å². The van der Waals surface area contributed by atoms with Crippen LogP contribution in [0.25, 0.3) is 0 Å². The highest BCUT2D eigenvalue weighted by Gasteiger charge is 2.28. The summed E-state index contributed by atoms with van der Waals surface area (Å²) in [7, 11) is 0. The van der Waals surface area contributed by atoms with E-state index in [0.29, 0.717) is 18.0 Å². The van der Waals surface area contributed by atoms with Gasteiger partial charge in [0.2, 0.25) is 0 Å². The maximum Gasteiger partial charge on any atom is 0.267 e. The van der Waals surface area contributed by atoms with E-state index in [1.807, 2.05) is 25.7 Å². The molecule has 0 aromatic carbocycles. The third kappa shape index (κ3) is 2.63. The Labute approximate surface area is 105 Å². The van der Waals surface area contributed by atoms with Crippen molar-refractivity contribution in [2.45, 2.75) is 39.4 Å². The summed E-state index contributed by atoms with van der Waals surface area (Å²) in [5.74, 6) is 0.0406. The van der Waals surface area contributed by atoms with Crippen LogP contribution in [0.5, 0.6) is 0 Å². The fraction of sp³-hybridized carbons (Fsp3) is 0.727. The van der Waals surface area contributed by atoms with Crippen LogP contribution in [-0.2, 0) is 11.2 Å². The van der Waals surface area contributed by atoms with Crippen LogP contribution in [0.3, 0.4) is 0 Å². The Balaban J connectivity index is 2.14. The summed E-state index contributed by atoms with van der Waals surface area (Å²) in [5.41, 5.74) is 0.798. The molecule has 2 rings (SSSR count). The van der Waals surface area contributed by atoms with Gasteiger partial charge < -0.3 is 9.64 Å². The summed E-state index contributed by atoms with van der Waals surface area (Å²) in [6.45, 7) is 7.25. The van der Waals surface area contributed by atoms with Gasteiger partial charge >= 0.3 is 0 Å². The van der Waals surface area contributed by atoms with Gasteiger partial charge in [0.05, 0.1) is 17.9 Å². The zero-order chi connectivity index (χ0) is 12.4. The monoisotopic (exact) mass is 255 g/mol. The highest BCUT2D eigenvalue weighted by Crippen LogP contribution is 2.18. The topological polar surface area (TPSA) is 55.3 Å². The maximum atomic E-state index is 12.3. The van der Waals surface area contributed by atoms with Gasteiger partial charge in [-0.05, 0) is 31.8 Å². The SMILES string of the molecule is CCc1nnsc1C(=O)N1C[C@@H](C)O[C@@H](C)C1. The largest absolute Gasteiger partial charge is 0.372 e. The molecule has 1 aromatic heterocycles. The molecule has 5 nitrogen and oxygen atoms in total. The lowest BCUT2D eigenvalue weighted by molar-refractivity contribution is -0.0585. The first-order valence-corrected chi connectivity index (χ1v) is 6.65. The summed E-state index contributed by atoms with van der Waals surface area (Å²) in [5, 5.41) is 3.98. The van der Waals surface area contributed by atoms with E-state index < -0.39 is 0 Å². The van der Waals surface area contributed by atoms with Crippen LogP contribution in [0.1, 0.15) is 36.1 Å². The molecule has 17 heavy (non-hydrogen) atoms. The minimum atomic E-state index is 0.0406. The van der Waals surface area contributed by atoms with Gasteiger partial charge in [0, 0.05) is 13.1 Å². The maximum absolute atomic E-state index is 12.3. The second-order valence-corrected chi connectivity index (χ2v) is 5.12. The van der Waals surface area contributed by atoms with Crippen molar-refractivity contribution in [3.05, 3.63) is 10.6 Å². The lowest BCUT2D eigenvalue weighted by atomic mass is 10.2. The van der Waals surface area contributed by atoms with Gasteiger partial charge in [0.1, 0.15) is 4.88 Å². The number of aromatic nitrogens is 2. The van der Waals surface area contributed by atoms with Crippen molar-refractivity contribution in [1.82, 2.24) is 14.5 Å². The van der Waals surface area contributed by atoms with Crippen molar-refractivity contribution in [2.75, 3.05) is 13.1 Å².